The quantitative estimate of drug-likeness (QED) is 0.407. The molecule has 0 aromatic rings. The van der Waals surface area contributed by atoms with E-state index in [2.05, 4.69) is 41.2 Å². The van der Waals surface area contributed by atoms with Crippen LogP contribution in [0.4, 0.5) is 0 Å². The van der Waals surface area contributed by atoms with Crippen LogP contribution >= 0.6 is 15.9 Å². The molecule has 0 aromatic carbocycles. The van der Waals surface area contributed by atoms with Crippen LogP contribution in [0.2, 0.25) is 0 Å². The Morgan fingerprint density at radius 2 is 1.67 bits per heavy atom. The molecule has 0 amide bonds. The summed E-state index contributed by atoms with van der Waals surface area (Å²) in [6.07, 6.45) is 13.9. The first-order chi connectivity index (χ1) is 8.69. The minimum Gasteiger partial charge on any atom is -0.0991 e. The zero-order valence-corrected chi connectivity index (χ0v) is 13.6. The van der Waals surface area contributed by atoms with E-state index in [4.69, 9.17) is 0 Å². The van der Waals surface area contributed by atoms with Gasteiger partial charge in [-0.05, 0) is 30.6 Å². The van der Waals surface area contributed by atoms with Crippen LogP contribution in [-0.2, 0) is 0 Å². The topological polar surface area (TPSA) is 0 Å². The second kappa shape index (κ2) is 14.0. The van der Waals surface area contributed by atoms with Crippen molar-refractivity contribution in [3.63, 3.8) is 0 Å². The van der Waals surface area contributed by atoms with Gasteiger partial charge in [-0.2, -0.15) is 0 Å². The maximum absolute atomic E-state index is 4.04. The molecule has 0 aliphatic heterocycles. The molecule has 0 saturated heterocycles. The third-order valence-electron chi connectivity index (χ3n) is 2.12. The summed E-state index contributed by atoms with van der Waals surface area (Å²) in [5.74, 6) is 0. The molecule has 0 rings (SSSR count). The zero-order chi connectivity index (χ0) is 14.4. The molecule has 0 aromatic heterocycles. The van der Waals surface area contributed by atoms with Crippen molar-refractivity contribution in [1.82, 2.24) is 0 Å². The van der Waals surface area contributed by atoms with E-state index in [1.165, 1.54) is 5.57 Å². The lowest BCUT2D eigenvalue weighted by molar-refractivity contribution is 1.47. The summed E-state index contributed by atoms with van der Waals surface area (Å²) in [7, 11) is 0. The van der Waals surface area contributed by atoms with E-state index in [-0.39, 0.29) is 0 Å². The van der Waals surface area contributed by atoms with Crippen molar-refractivity contribution in [1.29, 1.82) is 0 Å². The predicted octanol–water partition coefficient (Wildman–Crippen LogP) is 6.15. The van der Waals surface area contributed by atoms with Crippen LogP contribution in [0, 0.1) is 0 Å². The van der Waals surface area contributed by atoms with Gasteiger partial charge in [0.25, 0.3) is 0 Å². The highest BCUT2D eigenvalue weighted by Gasteiger charge is 1.93. The van der Waals surface area contributed by atoms with Gasteiger partial charge in [-0.15, -0.1) is 0 Å². The van der Waals surface area contributed by atoms with Gasteiger partial charge in [-0.25, -0.2) is 0 Å². The SMILES string of the molecule is C=C/C=C\C(=C/C)C(=C)/C=C\C(=C/C)CBr.CC. The molecule has 0 aliphatic carbocycles. The second-order valence-corrected chi connectivity index (χ2v) is 3.76. The summed E-state index contributed by atoms with van der Waals surface area (Å²) in [6, 6.07) is 0. The van der Waals surface area contributed by atoms with Crippen molar-refractivity contribution in [3.8, 4) is 0 Å². The van der Waals surface area contributed by atoms with E-state index in [0.29, 0.717) is 0 Å². The molecule has 0 saturated carbocycles. The van der Waals surface area contributed by atoms with Crippen LogP contribution in [0.15, 0.2) is 72.4 Å². The summed E-state index contributed by atoms with van der Waals surface area (Å²) in [5.41, 5.74) is 3.35. The molecule has 0 nitrogen and oxygen atoms in total. The Balaban J connectivity index is 0. The van der Waals surface area contributed by atoms with E-state index in [9.17, 15) is 0 Å². The average Bonchev–Trinajstić information content (AvgIpc) is 2.43. The third kappa shape index (κ3) is 9.00. The normalized spacial score (nSPS) is 12.5. The minimum atomic E-state index is 0.862. The summed E-state index contributed by atoms with van der Waals surface area (Å²) in [5, 5.41) is 0.862. The van der Waals surface area contributed by atoms with Crippen LogP contribution in [0.25, 0.3) is 0 Å². The molecular formula is C17H25Br. The van der Waals surface area contributed by atoms with Crippen LogP contribution in [0.5, 0.6) is 0 Å². The Morgan fingerprint density at radius 1 is 1.06 bits per heavy atom. The molecular weight excluding hydrogens is 284 g/mol. The highest BCUT2D eigenvalue weighted by molar-refractivity contribution is 9.09. The van der Waals surface area contributed by atoms with E-state index in [0.717, 1.165) is 16.5 Å². The van der Waals surface area contributed by atoms with Crippen molar-refractivity contribution >= 4 is 15.9 Å². The smallest absolute Gasteiger partial charge is 0.0279 e. The number of halogens is 1. The second-order valence-electron chi connectivity index (χ2n) is 3.19. The van der Waals surface area contributed by atoms with Gasteiger partial charge in [-0.1, -0.05) is 85.5 Å². The monoisotopic (exact) mass is 308 g/mol. The highest BCUT2D eigenvalue weighted by Crippen LogP contribution is 2.13. The summed E-state index contributed by atoms with van der Waals surface area (Å²) in [4.78, 5) is 0. The van der Waals surface area contributed by atoms with Gasteiger partial charge in [0, 0.05) is 5.33 Å². The van der Waals surface area contributed by atoms with Gasteiger partial charge >= 0.3 is 0 Å². The molecule has 0 radical (unpaired) electrons. The van der Waals surface area contributed by atoms with Crippen LogP contribution in [0.1, 0.15) is 27.7 Å². The van der Waals surface area contributed by atoms with Gasteiger partial charge in [0.2, 0.25) is 0 Å². The van der Waals surface area contributed by atoms with Crippen molar-refractivity contribution < 1.29 is 0 Å². The Kier molecular flexibility index (Phi) is 15.0. The number of rotatable bonds is 6. The number of hydrogen-bond donors (Lipinski definition) is 0. The van der Waals surface area contributed by atoms with Crippen molar-refractivity contribution in [2.24, 2.45) is 0 Å². The van der Waals surface area contributed by atoms with Crippen molar-refractivity contribution in [3.05, 3.63) is 72.4 Å². The standard InChI is InChI=1S/C15H19Br.C2H6/c1-5-8-9-15(7-3)13(4)10-11-14(6-2)12-16;1-2/h5-11H,1,4,12H2,2-3H3;1-2H3/b9-8-,11-10-,14-6+,15-7+;. The molecule has 0 N–H and O–H groups in total. The fourth-order valence-corrected chi connectivity index (χ4v) is 1.59. The molecule has 0 fully saturated rings. The Hall–Kier alpha value is -1.08. The molecule has 18 heavy (non-hydrogen) atoms. The van der Waals surface area contributed by atoms with Gasteiger partial charge in [0.05, 0.1) is 0 Å². The number of allylic oxidation sites excluding steroid dienone is 10. The predicted molar refractivity (Wildman–Crippen MR) is 90.3 cm³/mol. The Bertz CT molecular complexity index is 352. The van der Waals surface area contributed by atoms with Crippen LogP contribution in [0.3, 0.4) is 0 Å². The maximum Gasteiger partial charge on any atom is 0.0279 e. The molecule has 0 unspecified atom stereocenters. The average molecular weight is 309 g/mol. The first-order valence-corrected chi connectivity index (χ1v) is 7.35. The summed E-state index contributed by atoms with van der Waals surface area (Å²) < 4.78 is 0. The van der Waals surface area contributed by atoms with Crippen molar-refractivity contribution in [2.75, 3.05) is 5.33 Å². The van der Waals surface area contributed by atoms with Crippen LogP contribution in [-0.4, -0.2) is 5.33 Å². The molecule has 0 bridgehead atoms. The molecule has 0 heterocycles. The third-order valence-corrected chi connectivity index (χ3v) is 2.76. The number of alkyl halides is 1. The van der Waals surface area contributed by atoms with Crippen molar-refractivity contribution in [2.45, 2.75) is 27.7 Å². The maximum atomic E-state index is 4.04. The highest BCUT2D eigenvalue weighted by atomic mass is 79.9. The first-order valence-electron chi connectivity index (χ1n) is 6.23. The van der Waals surface area contributed by atoms with E-state index in [1.807, 2.05) is 52.0 Å². The number of hydrogen-bond acceptors (Lipinski definition) is 0. The van der Waals surface area contributed by atoms with Gasteiger partial charge in [-0.3, -0.25) is 0 Å². The lowest BCUT2D eigenvalue weighted by Gasteiger charge is -2.01. The molecule has 0 aliphatic rings. The zero-order valence-electron chi connectivity index (χ0n) is 12.0. The Morgan fingerprint density at radius 3 is 2.06 bits per heavy atom. The lowest BCUT2D eigenvalue weighted by Crippen LogP contribution is -1.82. The Labute approximate surface area is 121 Å². The van der Waals surface area contributed by atoms with E-state index >= 15 is 0 Å². The first kappa shape index (κ1) is 19.3. The van der Waals surface area contributed by atoms with E-state index < -0.39 is 0 Å². The molecule has 0 atom stereocenters. The molecule has 100 valence electrons. The van der Waals surface area contributed by atoms with E-state index in [1.54, 1.807) is 6.08 Å². The van der Waals surface area contributed by atoms with Crippen LogP contribution < -0.4 is 0 Å². The summed E-state index contributed by atoms with van der Waals surface area (Å²) in [6.45, 7) is 15.7. The fourth-order valence-electron chi connectivity index (χ4n) is 1.08. The van der Waals surface area contributed by atoms with Gasteiger partial charge < -0.3 is 0 Å². The molecule has 0 spiro atoms. The summed E-state index contributed by atoms with van der Waals surface area (Å²) >= 11 is 3.43. The van der Waals surface area contributed by atoms with Gasteiger partial charge in [0.15, 0.2) is 0 Å². The molecule has 1 heteroatoms. The largest absolute Gasteiger partial charge is 0.0991 e. The fraction of sp³-hybridized carbons (Fsp3) is 0.294. The van der Waals surface area contributed by atoms with Gasteiger partial charge in [0.1, 0.15) is 0 Å². The lowest BCUT2D eigenvalue weighted by atomic mass is 10.1. The minimum absolute atomic E-state index is 0.862.